The van der Waals surface area contributed by atoms with Crippen LogP contribution in [0.4, 0.5) is 0 Å². The minimum Gasteiger partial charge on any atom is -0.455 e. The van der Waals surface area contributed by atoms with Crippen molar-refractivity contribution in [2.45, 2.75) is 57.3 Å². The molecule has 0 bridgehead atoms. The van der Waals surface area contributed by atoms with E-state index in [1.807, 2.05) is 0 Å². The van der Waals surface area contributed by atoms with E-state index in [2.05, 4.69) is 39.7 Å². The van der Waals surface area contributed by atoms with Gasteiger partial charge in [0.25, 0.3) is 0 Å². The Kier molecular flexibility index (Phi) is 7.68. The lowest BCUT2D eigenvalue weighted by Gasteiger charge is -2.42. The third-order valence-corrected chi connectivity index (χ3v) is 19.0. The standard InChI is InChI=1S/C12H33NO3Si3/c1-12(19(8,14-2)15-3)18(6,7)16-17(4,5)11-9-10-13/h12H,9-11,13H2,1-8H3. The van der Waals surface area contributed by atoms with Gasteiger partial charge in [-0.25, -0.2) is 0 Å². The fourth-order valence-corrected chi connectivity index (χ4v) is 17.5. The Morgan fingerprint density at radius 2 is 1.47 bits per heavy atom. The van der Waals surface area contributed by atoms with E-state index in [4.69, 9.17) is 18.7 Å². The van der Waals surface area contributed by atoms with Crippen molar-refractivity contribution in [1.82, 2.24) is 0 Å². The maximum absolute atomic E-state index is 6.64. The highest BCUT2D eigenvalue weighted by Gasteiger charge is 2.49. The molecule has 0 spiro atoms. The molecule has 19 heavy (non-hydrogen) atoms. The zero-order chi connectivity index (χ0) is 15.3. The summed E-state index contributed by atoms with van der Waals surface area (Å²) >= 11 is 0. The Bertz CT molecular complexity index is 271. The molecule has 0 saturated carbocycles. The van der Waals surface area contributed by atoms with E-state index in [1.54, 1.807) is 14.2 Å². The molecule has 1 atom stereocenters. The Labute approximate surface area is 122 Å². The lowest BCUT2D eigenvalue weighted by atomic mass is 10.5. The topological polar surface area (TPSA) is 53.7 Å². The summed E-state index contributed by atoms with van der Waals surface area (Å²) in [6, 6.07) is 1.13. The first-order valence-electron chi connectivity index (χ1n) is 7.05. The second-order valence-corrected chi connectivity index (χ2v) is 19.7. The summed E-state index contributed by atoms with van der Waals surface area (Å²) < 4.78 is 18.0. The van der Waals surface area contributed by atoms with Gasteiger partial charge in [-0.3, -0.25) is 0 Å². The zero-order valence-electron chi connectivity index (χ0n) is 14.0. The van der Waals surface area contributed by atoms with Crippen LogP contribution in [0.3, 0.4) is 0 Å². The van der Waals surface area contributed by atoms with Crippen LogP contribution in [-0.4, -0.2) is 46.0 Å². The van der Waals surface area contributed by atoms with Gasteiger partial charge in [-0.2, -0.15) is 0 Å². The number of nitrogens with two attached hydrogens (primary N) is 1. The van der Waals surface area contributed by atoms with Gasteiger partial charge in [0.1, 0.15) is 0 Å². The SMILES string of the molecule is CO[Si](C)(OC)C(C)[Si](C)(C)O[Si](C)(C)CCCN. The fourth-order valence-electron chi connectivity index (χ4n) is 2.45. The third kappa shape index (κ3) is 5.78. The summed E-state index contributed by atoms with van der Waals surface area (Å²) in [5.74, 6) is 0. The molecule has 0 aromatic heterocycles. The van der Waals surface area contributed by atoms with Crippen LogP contribution < -0.4 is 5.73 Å². The molecule has 7 heteroatoms. The predicted octanol–water partition coefficient (Wildman–Crippen LogP) is 3.06. The van der Waals surface area contributed by atoms with E-state index in [1.165, 1.54) is 0 Å². The summed E-state index contributed by atoms with van der Waals surface area (Å²) in [7, 11) is -2.09. The summed E-state index contributed by atoms with van der Waals surface area (Å²) in [6.07, 6.45) is 1.06. The van der Waals surface area contributed by atoms with Gasteiger partial charge >= 0.3 is 8.56 Å². The third-order valence-electron chi connectivity index (χ3n) is 4.16. The molecule has 0 heterocycles. The van der Waals surface area contributed by atoms with Crippen molar-refractivity contribution in [1.29, 1.82) is 0 Å². The van der Waals surface area contributed by atoms with Crippen molar-refractivity contribution in [3.8, 4) is 0 Å². The van der Waals surface area contributed by atoms with E-state index >= 15 is 0 Å². The van der Waals surface area contributed by atoms with E-state index in [-0.39, 0.29) is 0 Å². The fraction of sp³-hybridized carbons (Fsp3) is 1.00. The molecule has 1 unspecified atom stereocenters. The molecule has 4 nitrogen and oxygen atoms in total. The molecule has 0 amide bonds. The summed E-state index contributed by atoms with van der Waals surface area (Å²) in [5, 5.41) is 0.389. The van der Waals surface area contributed by atoms with Gasteiger partial charge in [0.2, 0.25) is 0 Å². The molecule has 0 aromatic carbocycles. The molecule has 0 saturated heterocycles. The Balaban J connectivity index is 4.86. The summed E-state index contributed by atoms with van der Waals surface area (Å²) in [6.45, 7) is 14.3. The Morgan fingerprint density at radius 1 is 1.00 bits per heavy atom. The van der Waals surface area contributed by atoms with Gasteiger partial charge in [0.05, 0.1) is 0 Å². The van der Waals surface area contributed by atoms with Crippen molar-refractivity contribution >= 4 is 25.2 Å². The van der Waals surface area contributed by atoms with Gasteiger partial charge in [0.15, 0.2) is 16.6 Å². The second-order valence-electron chi connectivity index (χ2n) is 6.50. The van der Waals surface area contributed by atoms with E-state index in [0.717, 1.165) is 19.0 Å². The van der Waals surface area contributed by atoms with Crippen molar-refractivity contribution < 1.29 is 13.0 Å². The number of hydrogen-bond donors (Lipinski definition) is 1. The van der Waals surface area contributed by atoms with Gasteiger partial charge < -0.3 is 18.7 Å². The molecular formula is C12H33NO3Si3. The number of rotatable bonds is 9. The lowest BCUT2D eigenvalue weighted by Crippen LogP contribution is -2.56. The van der Waals surface area contributed by atoms with Gasteiger partial charge in [-0.1, -0.05) is 6.92 Å². The number of hydrogen-bond acceptors (Lipinski definition) is 4. The Morgan fingerprint density at radius 3 is 1.84 bits per heavy atom. The van der Waals surface area contributed by atoms with Crippen LogP contribution in [0.2, 0.25) is 43.9 Å². The lowest BCUT2D eigenvalue weighted by molar-refractivity contribution is 0.244. The van der Waals surface area contributed by atoms with E-state index < -0.39 is 25.2 Å². The molecule has 116 valence electrons. The van der Waals surface area contributed by atoms with Crippen LogP contribution in [0.15, 0.2) is 0 Å². The highest BCUT2D eigenvalue weighted by Crippen LogP contribution is 2.35. The van der Waals surface area contributed by atoms with Crippen LogP contribution in [0, 0.1) is 0 Å². The Hall–Kier alpha value is 0.491. The van der Waals surface area contributed by atoms with Crippen molar-refractivity contribution in [2.75, 3.05) is 20.8 Å². The van der Waals surface area contributed by atoms with Crippen LogP contribution in [-0.2, 0) is 13.0 Å². The first kappa shape index (κ1) is 19.5. The van der Waals surface area contributed by atoms with E-state index in [9.17, 15) is 0 Å². The molecule has 0 aliphatic heterocycles. The van der Waals surface area contributed by atoms with Crippen molar-refractivity contribution in [3.63, 3.8) is 0 Å². The molecule has 2 N–H and O–H groups in total. The van der Waals surface area contributed by atoms with Crippen LogP contribution in [0.25, 0.3) is 0 Å². The maximum atomic E-state index is 6.64. The molecule has 0 aliphatic carbocycles. The average Bonchev–Trinajstić information content (AvgIpc) is 2.33. The van der Waals surface area contributed by atoms with Gasteiger partial charge in [-0.05, 0) is 51.7 Å². The molecule has 0 aromatic rings. The van der Waals surface area contributed by atoms with Gasteiger partial charge in [-0.15, -0.1) is 0 Å². The summed E-state index contributed by atoms with van der Waals surface area (Å²) in [4.78, 5) is 0. The maximum Gasteiger partial charge on any atom is 0.336 e. The predicted molar refractivity (Wildman–Crippen MR) is 89.6 cm³/mol. The highest BCUT2D eigenvalue weighted by atomic mass is 28.5. The monoisotopic (exact) mass is 323 g/mol. The molecule has 0 fully saturated rings. The highest BCUT2D eigenvalue weighted by molar-refractivity contribution is 6.94. The first-order chi connectivity index (χ1) is 8.54. The second kappa shape index (κ2) is 7.49. The van der Waals surface area contributed by atoms with Crippen LogP contribution >= 0.6 is 0 Å². The molecule has 0 rings (SSSR count). The minimum atomic E-state index is -2.13. The van der Waals surface area contributed by atoms with Gasteiger partial charge in [0, 0.05) is 19.4 Å². The van der Waals surface area contributed by atoms with Crippen molar-refractivity contribution in [3.05, 3.63) is 0 Å². The quantitative estimate of drug-likeness (QED) is 0.663. The smallest absolute Gasteiger partial charge is 0.336 e. The van der Waals surface area contributed by atoms with Crippen molar-refractivity contribution in [2.24, 2.45) is 5.73 Å². The van der Waals surface area contributed by atoms with E-state index in [0.29, 0.717) is 5.16 Å². The first-order valence-corrected chi connectivity index (χ1v) is 15.5. The molecule has 0 radical (unpaired) electrons. The van der Waals surface area contributed by atoms with Crippen LogP contribution in [0.5, 0.6) is 0 Å². The molecule has 0 aliphatic rings. The van der Waals surface area contributed by atoms with Crippen LogP contribution in [0.1, 0.15) is 13.3 Å². The zero-order valence-corrected chi connectivity index (χ0v) is 17.0. The minimum absolute atomic E-state index is 0.389. The largest absolute Gasteiger partial charge is 0.455 e. The molecular weight excluding hydrogens is 290 g/mol. The summed E-state index contributed by atoms with van der Waals surface area (Å²) in [5.41, 5.74) is 5.62. The average molecular weight is 324 g/mol. The normalized spacial score (nSPS) is 15.6.